The van der Waals surface area contributed by atoms with Gasteiger partial charge in [0.1, 0.15) is 0 Å². The van der Waals surface area contributed by atoms with Crippen molar-refractivity contribution in [2.45, 2.75) is 19.8 Å². The predicted octanol–water partition coefficient (Wildman–Crippen LogP) is -2.76. The van der Waals surface area contributed by atoms with Crippen molar-refractivity contribution >= 4 is 5.97 Å². The van der Waals surface area contributed by atoms with E-state index in [-0.39, 0.29) is 13.2 Å². The maximum atomic E-state index is 10.2. The van der Waals surface area contributed by atoms with Crippen molar-refractivity contribution in [2.75, 3.05) is 13.2 Å². The summed E-state index contributed by atoms with van der Waals surface area (Å²) in [4.78, 5) is 10.2. The highest BCUT2D eigenvalue weighted by atomic mass is 35.7. The second kappa shape index (κ2) is 6.11. The molecule has 0 unspecified atom stereocenters. The second-order valence-corrected chi connectivity index (χ2v) is 3.21. The van der Waals surface area contributed by atoms with Crippen molar-refractivity contribution < 1.29 is 38.0 Å². The van der Waals surface area contributed by atoms with Crippen LogP contribution in [0.2, 0.25) is 0 Å². The molecule has 0 saturated heterocycles. The molecule has 0 rings (SSSR count). The van der Waals surface area contributed by atoms with Crippen LogP contribution in [0, 0.1) is 10.2 Å². The van der Waals surface area contributed by atoms with Crippen LogP contribution in [0.15, 0.2) is 0 Å². The van der Waals surface area contributed by atoms with Crippen LogP contribution in [0.5, 0.6) is 0 Å². The first-order chi connectivity index (χ1) is 5.92. The van der Waals surface area contributed by atoms with Gasteiger partial charge < -0.3 is 4.74 Å². The summed E-state index contributed by atoms with van der Waals surface area (Å²) < 4.78 is 38.1. The number of hydrogen-bond donors (Lipinski definition) is 0. The highest BCUT2D eigenvalue weighted by Crippen LogP contribution is 1.95. The molecule has 0 spiro atoms. The zero-order chi connectivity index (χ0) is 10.3. The molecule has 0 aromatic heterocycles. The summed E-state index contributed by atoms with van der Waals surface area (Å²) in [5, 5.41) is 0. The van der Waals surface area contributed by atoms with E-state index in [0.717, 1.165) is 0 Å². The molecule has 7 heteroatoms. The Morgan fingerprint density at radius 1 is 1.23 bits per heavy atom. The van der Waals surface area contributed by atoms with Crippen molar-refractivity contribution in [1.82, 2.24) is 0 Å². The van der Waals surface area contributed by atoms with E-state index in [1.165, 1.54) is 6.92 Å². The first-order valence-electron chi connectivity index (χ1n) is 3.60. The molecule has 0 radical (unpaired) electrons. The third kappa shape index (κ3) is 11.6. The fraction of sp³-hybridized carbons (Fsp3) is 0.833. The zero-order valence-electron chi connectivity index (χ0n) is 7.16. The Kier molecular flexibility index (Phi) is 5.93. The molecule has 6 nitrogen and oxygen atoms in total. The van der Waals surface area contributed by atoms with Gasteiger partial charge in [0, 0.05) is 6.92 Å². The Labute approximate surface area is 77.8 Å². The molecule has 0 heterocycles. The minimum atomic E-state index is -4.33. The highest BCUT2D eigenvalue weighted by Gasteiger charge is 2.15. The number of unbranched alkanes of at least 4 members (excludes halogenated alkanes) is 1. The maximum Gasteiger partial charge on any atom is 0.302 e. The molecule has 0 aromatic carbocycles. The third-order valence-corrected chi connectivity index (χ3v) is 1.48. The average Bonchev–Trinajstić information content (AvgIpc) is 1.93. The molecule has 0 fully saturated rings. The summed E-state index contributed by atoms with van der Waals surface area (Å²) >= 11 is 0. The lowest BCUT2D eigenvalue weighted by Gasteiger charge is -2.12. The van der Waals surface area contributed by atoms with Gasteiger partial charge in [-0.25, -0.2) is 0 Å². The average molecular weight is 215 g/mol. The van der Waals surface area contributed by atoms with Crippen molar-refractivity contribution in [2.24, 2.45) is 0 Å². The van der Waals surface area contributed by atoms with Crippen LogP contribution in [0.1, 0.15) is 19.8 Å². The summed E-state index contributed by atoms with van der Waals surface area (Å²) in [6.07, 6.45) is 0.812. The van der Waals surface area contributed by atoms with Crippen LogP contribution >= 0.6 is 0 Å². The first kappa shape index (κ1) is 12.6. The molecule has 78 valence electrons. The number of hydrogen-bond acceptors (Lipinski definition) is 6. The van der Waals surface area contributed by atoms with Gasteiger partial charge in [-0.1, -0.05) is 0 Å². The van der Waals surface area contributed by atoms with Crippen LogP contribution in [-0.2, 0) is 13.8 Å². The van der Waals surface area contributed by atoms with Gasteiger partial charge in [-0.15, -0.1) is 0 Å². The lowest BCUT2D eigenvalue weighted by molar-refractivity contribution is -1.92. The fourth-order valence-corrected chi connectivity index (χ4v) is 0.867. The van der Waals surface area contributed by atoms with Crippen molar-refractivity contribution in [3.05, 3.63) is 0 Å². The van der Waals surface area contributed by atoms with E-state index in [1.807, 2.05) is 0 Å². The smallest absolute Gasteiger partial charge is 0.302 e. The van der Waals surface area contributed by atoms with E-state index in [2.05, 4.69) is 9.03 Å². The van der Waals surface area contributed by atoms with E-state index in [9.17, 15) is 18.8 Å². The van der Waals surface area contributed by atoms with Gasteiger partial charge in [0.2, 0.25) is 6.61 Å². The molecule has 0 aliphatic carbocycles. The Bertz CT molecular complexity index is 154. The van der Waals surface area contributed by atoms with Crippen LogP contribution in [0.4, 0.5) is 0 Å². The van der Waals surface area contributed by atoms with E-state index >= 15 is 0 Å². The summed E-state index contributed by atoms with van der Waals surface area (Å²) in [5.41, 5.74) is 0. The van der Waals surface area contributed by atoms with Crippen LogP contribution in [-0.4, -0.2) is 19.2 Å². The fourth-order valence-electron chi connectivity index (χ4n) is 0.569. The van der Waals surface area contributed by atoms with Crippen molar-refractivity contribution in [3.63, 3.8) is 0 Å². The molecule has 0 aromatic rings. The van der Waals surface area contributed by atoms with Crippen LogP contribution in [0.3, 0.4) is 0 Å². The highest BCUT2D eigenvalue weighted by molar-refractivity contribution is 5.65. The van der Waals surface area contributed by atoms with Gasteiger partial charge in [-0.05, 0) is 12.8 Å². The van der Waals surface area contributed by atoms with Crippen LogP contribution < -0.4 is 14.0 Å². The number of rotatable bonds is 6. The van der Waals surface area contributed by atoms with Gasteiger partial charge in [-0.3, -0.25) is 4.79 Å². The van der Waals surface area contributed by atoms with Crippen molar-refractivity contribution in [3.8, 4) is 0 Å². The number of esters is 1. The van der Waals surface area contributed by atoms with E-state index in [1.54, 1.807) is 0 Å². The summed E-state index contributed by atoms with van der Waals surface area (Å²) in [7, 11) is -4.33. The van der Waals surface area contributed by atoms with Gasteiger partial charge in [0.15, 0.2) is 0 Å². The summed E-state index contributed by atoms with van der Waals surface area (Å²) in [6.45, 7) is 1.29. The Morgan fingerprint density at radius 3 is 2.23 bits per heavy atom. The largest absolute Gasteiger partial charge is 0.466 e. The number of carbonyl (C=O) groups excluding carboxylic acids is 1. The first-order valence-corrected chi connectivity index (χ1v) is 4.84. The van der Waals surface area contributed by atoms with E-state index < -0.39 is 16.2 Å². The second-order valence-electron chi connectivity index (χ2n) is 2.24. The number of carbonyl (C=O) groups is 1. The molecule has 0 bridgehead atoms. The molecular weight excluding hydrogens is 204 g/mol. The predicted molar refractivity (Wildman–Crippen MR) is 31.8 cm³/mol. The Hall–Kier alpha value is -0.400. The Morgan fingerprint density at radius 2 is 1.77 bits per heavy atom. The van der Waals surface area contributed by atoms with Gasteiger partial charge in [0.25, 0.3) is 0 Å². The molecule has 0 saturated carbocycles. The zero-order valence-corrected chi connectivity index (χ0v) is 7.91. The monoisotopic (exact) mass is 214 g/mol. The van der Waals surface area contributed by atoms with Crippen molar-refractivity contribution in [1.29, 1.82) is 0 Å². The number of ether oxygens (including phenoxy) is 1. The molecule has 0 aliphatic rings. The van der Waals surface area contributed by atoms with Crippen LogP contribution in [0.25, 0.3) is 0 Å². The lowest BCUT2D eigenvalue weighted by atomic mass is 10.3. The SMILES string of the molecule is CC(=O)OCCCCO[Cl+3]([O-])([O-])[O-]. The number of halogens is 1. The summed E-state index contributed by atoms with van der Waals surface area (Å²) in [6, 6.07) is 0. The standard InChI is InChI=1S/C6H11ClO6/c1-6(8)12-4-2-3-5-13-7(9,10)11/h2-5H2,1H3. The minimum Gasteiger partial charge on any atom is -0.466 e. The molecule has 0 N–H and O–H groups in total. The third-order valence-electron chi connectivity index (χ3n) is 1.05. The van der Waals surface area contributed by atoms with Gasteiger partial charge in [-0.2, -0.15) is 14.0 Å². The lowest BCUT2D eigenvalue weighted by Crippen LogP contribution is -2.61. The van der Waals surface area contributed by atoms with Gasteiger partial charge >= 0.3 is 5.97 Å². The molecular formula is C6H11ClO6. The topological polar surface area (TPSA) is 105 Å². The minimum absolute atomic E-state index is 0.186. The normalized spacial score (nSPS) is 11.4. The molecule has 0 atom stereocenters. The van der Waals surface area contributed by atoms with E-state index in [0.29, 0.717) is 12.8 Å². The summed E-state index contributed by atoms with van der Waals surface area (Å²) in [5.74, 6) is -0.393. The molecule has 0 aliphatic heterocycles. The van der Waals surface area contributed by atoms with E-state index in [4.69, 9.17) is 0 Å². The molecule has 13 heavy (non-hydrogen) atoms. The quantitative estimate of drug-likeness (QED) is 0.351. The maximum absolute atomic E-state index is 10.2. The Balaban J connectivity index is 3.13. The molecule has 0 amide bonds. The van der Waals surface area contributed by atoms with Gasteiger partial charge in [0.05, 0.1) is 21.1 Å².